The van der Waals surface area contributed by atoms with Crippen molar-refractivity contribution in [3.8, 4) is 0 Å². The quantitative estimate of drug-likeness (QED) is 0.783. The summed E-state index contributed by atoms with van der Waals surface area (Å²) >= 11 is 14.1. The van der Waals surface area contributed by atoms with E-state index < -0.39 is 0 Å². The fraction of sp³-hybridized carbons (Fsp3) is 0.333. The zero-order valence-corrected chi connectivity index (χ0v) is 13.6. The van der Waals surface area contributed by atoms with Gasteiger partial charge in [0.2, 0.25) is 0 Å². The molecule has 1 unspecified atom stereocenters. The highest BCUT2D eigenvalue weighted by atomic mass is 35.5. The fourth-order valence-electron chi connectivity index (χ4n) is 1.95. The van der Waals surface area contributed by atoms with Crippen LogP contribution in [0.2, 0.25) is 10.0 Å². The van der Waals surface area contributed by atoms with Crippen LogP contribution in [0.15, 0.2) is 24.3 Å². The van der Waals surface area contributed by atoms with Crippen LogP contribution < -0.4 is 5.32 Å². The predicted octanol–water partition coefficient (Wildman–Crippen LogP) is 5.52. The zero-order chi connectivity index (χ0) is 14.0. The van der Waals surface area contributed by atoms with Crippen molar-refractivity contribution in [2.75, 3.05) is 0 Å². The molecular weight excluding hydrogens is 297 g/mol. The molecule has 102 valence electrons. The Kier molecular flexibility index (Phi) is 4.91. The summed E-state index contributed by atoms with van der Waals surface area (Å²) in [5.74, 6) is 0. The molecule has 19 heavy (non-hydrogen) atoms. The maximum atomic E-state index is 6.21. The van der Waals surface area contributed by atoms with Crippen LogP contribution in [0.25, 0.3) is 0 Å². The molecule has 1 N–H and O–H groups in total. The standard InChI is InChI=1S/C15H17Cl2NS/c1-9-6-13(19-11(9)3)8-18-10(2)14-7-12(16)4-5-15(14)17/h4-7,10,18H,8H2,1-3H3. The second-order valence-electron chi connectivity index (χ2n) is 4.72. The molecular formula is C15H17Cl2NS. The van der Waals surface area contributed by atoms with Crippen LogP contribution in [-0.4, -0.2) is 0 Å². The first kappa shape index (κ1) is 14.9. The predicted molar refractivity (Wildman–Crippen MR) is 85.5 cm³/mol. The third kappa shape index (κ3) is 3.73. The normalized spacial score (nSPS) is 12.7. The average molecular weight is 314 g/mol. The van der Waals surface area contributed by atoms with E-state index in [1.54, 1.807) is 0 Å². The van der Waals surface area contributed by atoms with E-state index in [-0.39, 0.29) is 6.04 Å². The van der Waals surface area contributed by atoms with E-state index in [1.807, 2.05) is 29.5 Å². The summed E-state index contributed by atoms with van der Waals surface area (Å²) in [6.07, 6.45) is 0. The Morgan fingerprint density at radius 1 is 1.21 bits per heavy atom. The zero-order valence-electron chi connectivity index (χ0n) is 11.3. The molecule has 1 nitrogen and oxygen atoms in total. The van der Waals surface area contributed by atoms with Gasteiger partial charge in [-0.2, -0.15) is 0 Å². The largest absolute Gasteiger partial charge is 0.305 e. The smallest absolute Gasteiger partial charge is 0.0454 e. The van der Waals surface area contributed by atoms with Crippen molar-refractivity contribution in [2.45, 2.75) is 33.4 Å². The highest BCUT2D eigenvalue weighted by Crippen LogP contribution is 2.27. The summed E-state index contributed by atoms with van der Waals surface area (Å²) in [7, 11) is 0. The van der Waals surface area contributed by atoms with E-state index in [4.69, 9.17) is 23.2 Å². The minimum absolute atomic E-state index is 0.175. The van der Waals surface area contributed by atoms with Gasteiger partial charge in [-0.1, -0.05) is 23.2 Å². The molecule has 1 aromatic carbocycles. The molecule has 0 fully saturated rings. The Morgan fingerprint density at radius 2 is 1.95 bits per heavy atom. The third-order valence-corrected chi connectivity index (χ3v) is 4.96. The number of hydrogen-bond acceptors (Lipinski definition) is 2. The van der Waals surface area contributed by atoms with Crippen LogP contribution in [-0.2, 0) is 6.54 Å². The summed E-state index contributed by atoms with van der Waals surface area (Å²) in [5, 5.41) is 4.96. The van der Waals surface area contributed by atoms with Gasteiger partial charge in [-0.15, -0.1) is 11.3 Å². The van der Waals surface area contributed by atoms with E-state index in [0.717, 1.165) is 22.2 Å². The molecule has 2 aromatic rings. The molecule has 0 saturated heterocycles. The van der Waals surface area contributed by atoms with Gasteiger partial charge in [0.25, 0.3) is 0 Å². The van der Waals surface area contributed by atoms with E-state index in [2.05, 4.69) is 32.2 Å². The van der Waals surface area contributed by atoms with Gasteiger partial charge in [0, 0.05) is 32.4 Å². The summed E-state index contributed by atoms with van der Waals surface area (Å²) in [6, 6.07) is 7.99. The van der Waals surface area contributed by atoms with Gasteiger partial charge < -0.3 is 5.32 Å². The van der Waals surface area contributed by atoms with Gasteiger partial charge in [-0.3, -0.25) is 0 Å². The Hall–Kier alpha value is -0.540. The van der Waals surface area contributed by atoms with Crippen LogP contribution in [0.3, 0.4) is 0 Å². The highest BCUT2D eigenvalue weighted by Gasteiger charge is 2.10. The molecule has 0 saturated carbocycles. The number of benzene rings is 1. The van der Waals surface area contributed by atoms with Crippen molar-refractivity contribution in [1.29, 1.82) is 0 Å². The Bertz CT molecular complexity index is 558. The van der Waals surface area contributed by atoms with Crippen LogP contribution in [0, 0.1) is 13.8 Å². The lowest BCUT2D eigenvalue weighted by molar-refractivity contribution is 0.579. The van der Waals surface area contributed by atoms with Gasteiger partial charge >= 0.3 is 0 Å². The third-order valence-electron chi connectivity index (χ3n) is 3.22. The molecule has 1 atom stereocenters. The van der Waals surface area contributed by atoms with Crippen molar-refractivity contribution in [1.82, 2.24) is 5.32 Å². The summed E-state index contributed by atoms with van der Waals surface area (Å²) in [4.78, 5) is 2.73. The maximum Gasteiger partial charge on any atom is 0.0454 e. The fourth-order valence-corrected chi connectivity index (χ4v) is 3.41. The summed E-state index contributed by atoms with van der Waals surface area (Å²) in [5.41, 5.74) is 2.40. The van der Waals surface area contributed by atoms with Gasteiger partial charge in [-0.05, 0) is 56.2 Å². The molecule has 4 heteroatoms. The monoisotopic (exact) mass is 313 g/mol. The van der Waals surface area contributed by atoms with Crippen molar-refractivity contribution < 1.29 is 0 Å². The number of hydrogen-bond donors (Lipinski definition) is 1. The first-order valence-corrected chi connectivity index (χ1v) is 7.79. The van der Waals surface area contributed by atoms with Crippen molar-refractivity contribution in [2.24, 2.45) is 0 Å². The van der Waals surface area contributed by atoms with Gasteiger partial charge in [0.05, 0.1) is 0 Å². The molecule has 0 aliphatic heterocycles. The molecule has 0 amide bonds. The van der Waals surface area contributed by atoms with Crippen LogP contribution in [0.5, 0.6) is 0 Å². The second-order valence-corrected chi connectivity index (χ2v) is 6.90. The van der Waals surface area contributed by atoms with E-state index in [0.29, 0.717) is 0 Å². The van der Waals surface area contributed by atoms with Gasteiger partial charge in [-0.25, -0.2) is 0 Å². The maximum absolute atomic E-state index is 6.21. The molecule has 1 heterocycles. The van der Waals surface area contributed by atoms with Crippen LogP contribution in [0.1, 0.15) is 33.8 Å². The molecule has 0 spiro atoms. The SMILES string of the molecule is Cc1cc(CNC(C)c2cc(Cl)ccc2Cl)sc1C. The lowest BCUT2D eigenvalue weighted by Gasteiger charge is -2.15. The summed E-state index contributed by atoms with van der Waals surface area (Å²) < 4.78 is 0. The number of halogens is 2. The minimum Gasteiger partial charge on any atom is -0.305 e. The minimum atomic E-state index is 0.175. The topological polar surface area (TPSA) is 12.0 Å². The van der Waals surface area contributed by atoms with E-state index in [1.165, 1.54) is 15.3 Å². The van der Waals surface area contributed by atoms with Gasteiger partial charge in [0.1, 0.15) is 0 Å². The number of nitrogens with one attached hydrogen (secondary N) is 1. The second kappa shape index (κ2) is 6.27. The van der Waals surface area contributed by atoms with E-state index in [9.17, 15) is 0 Å². The number of thiophene rings is 1. The van der Waals surface area contributed by atoms with Crippen molar-refractivity contribution >= 4 is 34.5 Å². The van der Waals surface area contributed by atoms with Crippen molar-refractivity contribution in [3.05, 3.63) is 55.2 Å². The lowest BCUT2D eigenvalue weighted by Crippen LogP contribution is -2.17. The summed E-state index contributed by atoms with van der Waals surface area (Å²) in [6.45, 7) is 7.25. The number of rotatable bonds is 4. The molecule has 0 bridgehead atoms. The molecule has 1 aromatic heterocycles. The molecule has 2 rings (SSSR count). The highest BCUT2D eigenvalue weighted by molar-refractivity contribution is 7.12. The average Bonchev–Trinajstić information content (AvgIpc) is 2.69. The van der Waals surface area contributed by atoms with Crippen molar-refractivity contribution in [3.63, 3.8) is 0 Å². The first-order valence-electron chi connectivity index (χ1n) is 6.21. The Balaban J connectivity index is 2.04. The lowest BCUT2D eigenvalue weighted by atomic mass is 10.1. The van der Waals surface area contributed by atoms with Gasteiger partial charge in [0.15, 0.2) is 0 Å². The van der Waals surface area contributed by atoms with E-state index >= 15 is 0 Å². The molecule has 0 aliphatic rings. The number of aryl methyl sites for hydroxylation is 2. The molecule has 0 radical (unpaired) electrons. The van der Waals surface area contributed by atoms with Crippen LogP contribution >= 0.6 is 34.5 Å². The Labute approximate surface area is 128 Å². The first-order chi connectivity index (χ1) is 8.97. The molecule has 0 aliphatic carbocycles. The Morgan fingerprint density at radius 3 is 2.58 bits per heavy atom. The van der Waals surface area contributed by atoms with Crippen LogP contribution in [0.4, 0.5) is 0 Å².